The number of halogens is 2. The molecule has 0 aromatic carbocycles. The van der Waals surface area contributed by atoms with Gasteiger partial charge >= 0.3 is 0 Å². The molecule has 0 saturated heterocycles. The van der Waals surface area contributed by atoms with E-state index in [4.69, 9.17) is 18.2 Å². The van der Waals surface area contributed by atoms with Crippen molar-refractivity contribution in [3.63, 3.8) is 0 Å². The zero-order valence-corrected chi connectivity index (χ0v) is 8.05. The van der Waals surface area contributed by atoms with Crippen LogP contribution in [-0.4, -0.2) is 0 Å². The Morgan fingerprint density at radius 3 is 2.90 bits per heavy atom. The monoisotopic (exact) mass is 235 g/mol. The van der Waals surface area contributed by atoms with Gasteiger partial charge in [0.25, 0.3) is 0 Å². The van der Waals surface area contributed by atoms with Gasteiger partial charge in [0, 0.05) is 4.47 Å². The van der Waals surface area contributed by atoms with Crippen LogP contribution >= 0.6 is 38.9 Å². The summed E-state index contributed by atoms with van der Waals surface area (Å²) in [5, 5.41) is 0. The molecule has 1 nitrogen and oxygen atoms in total. The maximum absolute atomic E-state index is 6.59. The molecule has 1 aromatic rings. The van der Waals surface area contributed by atoms with Gasteiger partial charge in [0.2, 0.25) is 6.54 Å². The lowest BCUT2D eigenvalue weighted by molar-refractivity contribution is 1.34. The highest BCUT2D eigenvalue weighted by Gasteiger charge is 2.04. The van der Waals surface area contributed by atoms with Gasteiger partial charge in [-0.3, -0.25) is 0 Å². The van der Waals surface area contributed by atoms with Crippen molar-refractivity contribution in [3.8, 4) is 0 Å². The Balaban J connectivity index is 2.90. The van der Waals surface area contributed by atoms with Gasteiger partial charge in [-0.25, -0.2) is 6.57 Å². The van der Waals surface area contributed by atoms with Gasteiger partial charge in [0.1, 0.15) is 4.34 Å². The van der Waals surface area contributed by atoms with Crippen molar-refractivity contribution in [1.29, 1.82) is 0 Å². The molecule has 0 radical (unpaired) electrons. The minimum Gasteiger partial charge on any atom is -0.311 e. The standard InChI is InChI=1S/C6H3BrClNS/c1-9-3-4-2-5(7)6(8)10-4/h2H,3H2. The Kier molecular flexibility index (Phi) is 2.72. The summed E-state index contributed by atoms with van der Waals surface area (Å²) in [5.74, 6) is 0. The second-order valence-electron chi connectivity index (χ2n) is 1.65. The van der Waals surface area contributed by atoms with Gasteiger partial charge in [-0.1, -0.05) is 11.6 Å². The van der Waals surface area contributed by atoms with Crippen LogP contribution in [0.25, 0.3) is 4.85 Å². The summed E-state index contributed by atoms with van der Waals surface area (Å²) in [5.41, 5.74) is 0. The maximum atomic E-state index is 6.59. The zero-order valence-electron chi connectivity index (χ0n) is 4.90. The van der Waals surface area contributed by atoms with Crippen molar-refractivity contribution in [2.24, 2.45) is 0 Å². The Morgan fingerprint density at radius 1 is 1.80 bits per heavy atom. The van der Waals surface area contributed by atoms with E-state index in [-0.39, 0.29) is 0 Å². The summed E-state index contributed by atoms with van der Waals surface area (Å²) in [6.45, 7) is 7.02. The van der Waals surface area contributed by atoms with E-state index >= 15 is 0 Å². The molecule has 0 aliphatic rings. The predicted molar refractivity (Wildman–Crippen MR) is 47.3 cm³/mol. The molecular formula is C6H3BrClNS. The highest BCUT2D eigenvalue weighted by Crippen LogP contribution is 2.32. The highest BCUT2D eigenvalue weighted by molar-refractivity contribution is 9.10. The zero-order chi connectivity index (χ0) is 7.56. The summed E-state index contributed by atoms with van der Waals surface area (Å²) < 4.78 is 1.61. The normalized spacial score (nSPS) is 9.30. The molecule has 0 N–H and O–H groups in total. The lowest BCUT2D eigenvalue weighted by atomic mass is 10.5. The van der Waals surface area contributed by atoms with Crippen LogP contribution in [0.15, 0.2) is 10.5 Å². The molecule has 0 unspecified atom stereocenters. The predicted octanol–water partition coefficient (Wildman–Crippen LogP) is 3.58. The lowest BCUT2D eigenvalue weighted by Gasteiger charge is -1.75. The topological polar surface area (TPSA) is 4.36 Å². The quantitative estimate of drug-likeness (QED) is 0.657. The average molecular weight is 237 g/mol. The van der Waals surface area contributed by atoms with Crippen molar-refractivity contribution >= 4 is 38.9 Å². The van der Waals surface area contributed by atoms with Gasteiger partial charge in [-0.05, 0) is 22.0 Å². The molecule has 1 rings (SSSR count). The SMILES string of the molecule is [C-]#[N+]Cc1cc(Br)c(Cl)s1. The maximum Gasteiger partial charge on any atom is 0.248 e. The molecular weight excluding hydrogens is 233 g/mol. The third-order valence-electron chi connectivity index (χ3n) is 0.931. The van der Waals surface area contributed by atoms with E-state index < -0.39 is 0 Å². The molecule has 0 bridgehead atoms. The molecule has 1 heterocycles. The second kappa shape index (κ2) is 3.38. The van der Waals surface area contributed by atoms with Crippen LogP contribution in [-0.2, 0) is 6.54 Å². The summed E-state index contributed by atoms with van der Waals surface area (Å²) in [4.78, 5) is 4.25. The Hall–Kier alpha value is -0.0400. The minimum atomic E-state index is 0.427. The van der Waals surface area contributed by atoms with Gasteiger partial charge in [0.15, 0.2) is 0 Å². The van der Waals surface area contributed by atoms with E-state index in [0.717, 1.165) is 13.7 Å². The van der Waals surface area contributed by atoms with Gasteiger partial charge in [0.05, 0.1) is 4.88 Å². The van der Waals surface area contributed by atoms with Gasteiger partial charge in [-0.2, -0.15) is 0 Å². The van der Waals surface area contributed by atoms with Crippen LogP contribution in [0.5, 0.6) is 0 Å². The number of hydrogen-bond donors (Lipinski definition) is 0. The van der Waals surface area contributed by atoms with E-state index in [0.29, 0.717) is 6.54 Å². The molecule has 0 fully saturated rings. The van der Waals surface area contributed by atoms with Crippen molar-refractivity contribution in [2.45, 2.75) is 6.54 Å². The molecule has 52 valence electrons. The largest absolute Gasteiger partial charge is 0.311 e. The third-order valence-corrected chi connectivity index (χ3v) is 3.39. The van der Waals surface area contributed by atoms with Crippen LogP contribution in [0, 0.1) is 6.57 Å². The fraction of sp³-hybridized carbons (Fsp3) is 0.167. The number of rotatable bonds is 1. The molecule has 0 aliphatic heterocycles. The molecule has 1 aromatic heterocycles. The minimum absolute atomic E-state index is 0.427. The van der Waals surface area contributed by atoms with E-state index in [1.54, 1.807) is 0 Å². The molecule has 0 atom stereocenters. The van der Waals surface area contributed by atoms with E-state index in [1.807, 2.05) is 6.07 Å². The number of nitrogens with zero attached hydrogens (tertiary/aromatic N) is 1. The summed E-state index contributed by atoms with van der Waals surface area (Å²) in [7, 11) is 0. The first-order valence-electron chi connectivity index (χ1n) is 2.51. The van der Waals surface area contributed by atoms with Crippen molar-refractivity contribution in [2.75, 3.05) is 0 Å². The first-order valence-corrected chi connectivity index (χ1v) is 4.49. The van der Waals surface area contributed by atoms with Crippen LogP contribution in [0.4, 0.5) is 0 Å². The number of thiophene rings is 1. The third kappa shape index (κ3) is 1.72. The summed E-state index contributed by atoms with van der Waals surface area (Å²) >= 11 is 10.4. The van der Waals surface area contributed by atoms with Crippen molar-refractivity contribution in [3.05, 3.63) is 31.2 Å². The Bertz CT molecular complexity index is 256. The first-order chi connectivity index (χ1) is 4.74. The molecule has 0 spiro atoms. The van der Waals surface area contributed by atoms with Crippen LogP contribution in [0.2, 0.25) is 4.34 Å². The van der Waals surface area contributed by atoms with Crippen LogP contribution in [0.1, 0.15) is 4.88 Å². The molecule has 0 saturated carbocycles. The van der Waals surface area contributed by atoms with Gasteiger partial charge in [-0.15, -0.1) is 11.3 Å². The fourth-order valence-corrected chi connectivity index (χ4v) is 2.26. The van der Waals surface area contributed by atoms with E-state index in [9.17, 15) is 0 Å². The van der Waals surface area contributed by atoms with E-state index in [1.165, 1.54) is 11.3 Å². The van der Waals surface area contributed by atoms with Gasteiger partial charge < -0.3 is 4.85 Å². The lowest BCUT2D eigenvalue weighted by Crippen LogP contribution is -1.64. The second-order valence-corrected chi connectivity index (χ2v) is 4.24. The summed E-state index contributed by atoms with van der Waals surface area (Å²) in [6.07, 6.45) is 0. The molecule has 0 aliphatic carbocycles. The Labute approximate surface area is 76.6 Å². The molecule has 10 heavy (non-hydrogen) atoms. The van der Waals surface area contributed by atoms with Crippen molar-refractivity contribution in [1.82, 2.24) is 0 Å². The van der Waals surface area contributed by atoms with Crippen molar-refractivity contribution < 1.29 is 0 Å². The Morgan fingerprint density at radius 2 is 2.50 bits per heavy atom. The van der Waals surface area contributed by atoms with E-state index in [2.05, 4.69) is 20.8 Å². The highest BCUT2D eigenvalue weighted by atomic mass is 79.9. The smallest absolute Gasteiger partial charge is 0.248 e. The van der Waals surface area contributed by atoms with Crippen LogP contribution in [0.3, 0.4) is 0 Å². The number of hydrogen-bond acceptors (Lipinski definition) is 1. The first kappa shape index (κ1) is 8.06. The molecule has 0 amide bonds. The summed E-state index contributed by atoms with van der Waals surface area (Å²) in [6, 6.07) is 1.88. The fourth-order valence-electron chi connectivity index (χ4n) is 0.547. The van der Waals surface area contributed by atoms with Crippen LogP contribution < -0.4 is 0 Å². The molecule has 4 heteroatoms. The average Bonchev–Trinajstić information content (AvgIpc) is 2.14.